The molecule has 0 radical (unpaired) electrons. The summed E-state index contributed by atoms with van der Waals surface area (Å²) in [6, 6.07) is 15.4. The average molecular weight is 361 g/mol. The zero-order valence-electron chi connectivity index (χ0n) is 13.4. The predicted octanol–water partition coefficient (Wildman–Crippen LogP) is 5.39. The Bertz CT molecular complexity index is 788. The fourth-order valence-corrected chi connectivity index (χ4v) is 3.12. The molecule has 1 heterocycles. The zero-order valence-corrected chi connectivity index (χ0v) is 15.0. The monoisotopic (exact) mass is 360 g/mol. The minimum Gasteiger partial charge on any atom is -0.497 e. The number of methoxy groups -OCH3 is 1. The van der Waals surface area contributed by atoms with Crippen LogP contribution >= 0.6 is 23.4 Å². The van der Waals surface area contributed by atoms with E-state index in [2.05, 4.69) is 17.1 Å². The average Bonchev–Trinajstić information content (AvgIpc) is 3.11. The maximum atomic E-state index is 5.90. The van der Waals surface area contributed by atoms with Gasteiger partial charge in [0.25, 0.3) is 0 Å². The fourth-order valence-electron chi connectivity index (χ4n) is 2.12. The molecule has 0 aliphatic heterocycles. The Labute approximate surface area is 150 Å². The molecule has 0 amide bonds. The van der Waals surface area contributed by atoms with Crippen molar-refractivity contribution >= 4 is 23.4 Å². The molecule has 0 saturated heterocycles. The van der Waals surface area contributed by atoms with Crippen LogP contribution in [0.5, 0.6) is 5.75 Å². The lowest BCUT2D eigenvalue weighted by atomic mass is 10.2. The van der Waals surface area contributed by atoms with E-state index < -0.39 is 0 Å². The number of thioether (sulfide) groups is 1. The summed E-state index contributed by atoms with van der Waals surface area (Å²) >= 11 is 7.65. The van der Waals surface area contributed by atoms with Gasteiger partial charge in [-0.25, -0.2) is 0 Å². The maximum Gasteiger partial charge on any atom is 0.247 e. The molecule has 0 bridgehead atoms. The summed E-state index contributed by atoms with van der Waals surface area (Å²) in [6.45, 7) is 2.06. The van der Waals surface area contributed by atoms with Gasteiger partial charge in [-0.1, -0.05) is 23.7 Å². The van der Waals surface area contributed by atoms with Gasteiger partial charge < -0.3 is 9.15 Å². The first-order chi connectivity index (χ1) is 11.7. The molecule has 1 unspecified atom stereocenters. The van der Waals surface area contributed by atoms with Crippen LogP contribution in [0.3, 0.4) is 0 Å². The Morgan fingerprint density at radius 3 is 2.46 bits per heavy atom. The molecule has 24 heavy (non-hydrogen) atoms. The van der Waals surface area contributed by atoms with E-state index in [9.17, 15) is 0 Å². The smallest absolute Gasteiger partial charge is 0.247 e. The summed E-state index contributed by atoms with van der Waals surface area (Å²) < 4.78 is 11.0. The molecular formula is C18H17ClN2O2S. The summed E-state index contributed by atoms with van der Waals surface area (Å²) in [5.41, 5.74) is 2.09. The van der Waals surface area contributed by atoms with E-state index in [1.165, 1.54) is 5.56 Å². The van der Waals surface area contributed by atoms with Crippen molar-refractivity contribution in [2.24, 2.45) is 0 Å². The largest absolute Gasteiger partial charge is 0.497 e. The molecule has 0 aliphatic carbocycles. The first kappa shape index (κ1) is 16.9. The number of nitrogens with zero attached hydrogens (tertiary/aromatic N) is 2. The maximum absolute atomic E-state index is 5.90. The van der Waals surface area contributed by atoms with E-state index in [1.54, 1.807) is 18.9 Å². The summed E-state index contributed by atoms with van der Waals surface area (Å²) in [5, 5.41) is 9.17. The second kappa shape index (κ2) is 7.73. The predicted molar refractivity (Wildman–Crippen MR) is 97.4 cm³/mol. The van der Waals surface area contributed by atoms with E-state index >= 15 is 0 Å². The lowest BCUT2D eigenvalue weighted by Gasteiger charge is -2.06. The SMILES string of the molecule is COc1ccc(-c2nnc(C(C)SCc3ccc(Cl)cc3)o2)cc1. The van der Waals surface area contributed by atoms with Crippen molar-refractivity contribution in [3.05, 3.63) is 65.0 Å². The van der Waals surface area contributed by atoms with E-state index in [-0.39, 0.29) is 5.25 Å². The van der Waals surface area contributed by atoms with Crippen molar-refractivity contribution in [3.63, 3.8) is 0 Å². The van der Waals surface area contributed by atoms with Crippen molar-refractivity contribution in [2.45, 2.75) is 17.9 Å². The number of hydrogen-bond donors (Lipinski definition) is 0. The molecule has 6 heteroatoms. The quantitative estimate of drug-likeness (QED) is 0.589. The molecule has 0 fully saturated rings. The molecule has 3 aromatic rings. The fraction of sp³-hybridized carbons (Fsp3) is 0.222. The van der Waals surface area contributed by atoms with Gasteiger partial charge in [0, 0.05) is 16.3 Å². The van der Waals surface area contributed by atoms with Crippen LogP contribution in [-0.2, 0) is 5.75 Å². The van der Waals surface area contributed by atoms with Gasteiger partial charge in [-0.2, -0.15) is 0 Å². The van der Waals surface area contributed by atoms with Crippen LogP contribution in [0.1, 0.15) is 23.6 Å². The summed E-state index contributed by atoms with van der Waals surface area (Å²) in [6.07, 6.45) is 0. The number of aromatic nitrogens is 2. The van der Waals surface area contributed by atoms with Gasteiger partial charge in [0.1, 0.15) is 5.75 Å². The van der Waals surface area contributed by atoms with Crippen molar-refractivity contribution in [1.29, 1.82) is 0 Å². The number of halogens is 1. The Hall–Kier alpha value is -1.98. The zero-order chi connectivity index (χ0) is 16.9. The molecule has 0 saturated carbocycles. The first-order valence-corrected chi connectivity index (χ1v) is 8.92. The molecule has 0 aliphatic rings. The van der Waals surface area contributed by atoms with Gasteiger partial charge >= 0.3 is 0 Å². The topological polar surface area (TPSA) is 48.2 Å². The molecule has 2 aromatic carbocycles. The van der Waals surface area contributed by atoms with Crippen molar-refractivity contribution in [1.82, 2.24) is 10.2 Å². The van der Waals surface area contributed by atoms with Crippen LogP contribution in [0.4, 0.5) is 0 Å². The molecule has 0 spiro atoms. The van der Waals surface area contributed by atoms with E-state index in [0.717, 1.165) is 22.1 Å². The van der Waals surface area contributed by atoms with Crippen molar-refractivity contribution in [2.75, 3.05) is 7.11 Å². The molecule has 1 atom stereocenters. The molecule has 124 valence electrons. The van der Waals surface area contributed by atoms with Crippen molar-refractivity contribution < 1.29 is 9.15 Å². The highest BCUT2D eigenvalue weighted by atomic mass is 35.5. The highest BCUT2D eigenvalue weighted by molar-refractivity contribution is 7.98. The van der Waals surface area contributed by atoms with Gasteiger partial charge in [-0.15, -0.1) is 22.0 Å². The third kappa shape index (κ3) is 4.10. The van der Waals surface area contributed by atoms with Crippen LogP contribution in [0.15, 0.2) is 52.9 Å². The highest BCUT2D eigenvalue weighted by Gasteiger charge is 2.15. The summed E-state index contributed by atoms with van der Waals surface area (Å²) in [5.74, 6) is 2.80. The van der Waals surface area contributed by atoms with Gasteiger partial charge in [-0.05, 0) is 48.9 Å². The number of rotatable bonds is 6. The Balaban J connectivity index is 1.64. The normalized spacial score (nSPS) is 12.1. The van der Waals surface area contributed by atoms with Gasteiger partial charge in [0.05, 0.1) is 12.4 Å². The number of ether oxygens (including phenoxy) is 1. The van der Waals surface area contributed by atoms with Crippen LogP contribution in [0.25, 0.3) is 11.5 Å². The number of hydrogen-bond acceptors (Lipinski definition) is 5. The van der Waals surface area contributed by atoms with Crippen LogP contribution in [0.2, 0.25) is 5.02 Å². The van der Waals surface area contributed by atoms with E-state index in [4.69, 9.17) is 20.8 Å². The van der Waals surface area contributed by atoms with Crippen LogP contribution < -0.4 is 4.74 Å². The minimum absolute atomic E-state index is 0.111. The molecule has 3 rings (SSSR count). The second-order valence-electron chi connectivity index (χ2n) is 5.25. The van der Waals surface area contributed by atoms with Crippen molar-refractivity contribution in [3.8, 4) is 17.2 Å². The Morgan fingerprint density at radius 1 is 1.08 bits per heavy atom. The van der Waals surface area contributed by atoms with Crippen LogP contribution in [0, 0.1) is 0 Å². The third-order valence-corrected chi connectivity index (χ3v) is 4.99. The lowest BCUT2D eigenvalue weighted by Crippen LogP contribution is -1.90. The summed E-state index contributed by atoms with van der Waals surface area (Å²) in [7, 11) is 1.64. The molecule has 0 N–H and O–H groups in total. The lowest BCUT2D eigenvalue weighted by molar-refractivity contribution is 0.415. The van der Waals surface area contributed by atoms with E-state index in [1.807, 2.05) is 48.5 Å². The molecule has 4 nitrogen and oxygen atoms in total. The summed E-state index contributed by atoms with van der Waals surface area (Å²) in [4.78, 5) is 0. The number of benzene rings is 2. The van der Waals surface area contributed by atoms with Gasteiger partial charge in [-0.3, -0.25) is 0 Å². The second-order valence-corrected chi connectivity index (χ2v) is 7.02. The third-order valence-electron chi connectivity index (χ3n) is 3.54. The van der Waals surface area contributed by atoms with Gasteiger partial charge in [0.2, 0.25) is 11.8 Å². The highest BCUT2D eigenvalue weighted by Crippen LogP contribution is 2.32. The van der Waals surface area contributed by atoms with E-state index in [0.29, 0.717) is 11.8 Å². The molecule has 1 aromatic heterocycles. The minimum atomic E-state index is 0.111. The van der Waals surface area contributed by atoms with Gasteiger partial charge in [0.15, 0.2) is 0 Å². The Morgan fingerprint density at radius 2 is 1.79 bits per heavy atom. The Kier molecular flexibility index (Phi) is 5.43. The first-order valence-electron chi connectivity index (χ1n) is 7.49. The van der Waals surface area contributed by atoms with Crippen LogP contribution in [-0.4, -0.2) is 17.3 Å². The standard InChI is InChI=1S/C18H17ClN2O2S/c1-12(24-11-13-3-7-15(19)8-4-13)17-20-21-18(23-17)14-5-9-16(22-2)10-6-14/h3-10,12H,11H2,1-2H3. The molecular weight excluding hydrogens is 344 g/mol.